The van der Waals surface area contributed by atoms with Crippen molar-refractivity contribution >= 4 is 33.5 Å². The number of carbonyl (C=O) groups is 2. The van der Waals surface area contributed by atoms with Gasteiger partial charge in [0, 0.05) is 5.69 Å². The van der Waals surface area contributed by atoms with Crippen LogP contribution >= 0.6 is 0 Å². The molecule has 0 bridgehead atoms. The van der Waals surface area contributed by atoms with E-state index in [0.29, 0.717) is 30.3 Å². The van der Waals surface area contributed by atoms with Crippen LogP contribution in [0.5, 0.6) is 5.75 Å². The van der Waals surface area contributed by atoms with Gasteiger partial charge in [0.15, 0.2) is 0 Å². The first-order chi connectivity index (χ1) is 18.2. The average molecular weight is 599 g/mol. The number of benzene rings is 2. The van der Waals surface area contributed by atoms with Crippen molar-refractivity contribution in [3.05, 3.63) is 48.0 Å². The number of amides is 1. The number of nitrogens with zero attached hydrogens (tertiary/aromatic N) is 1. The number of hydrogen-bond donors (Lipinski definition) is 2. The third-order valence-corrected chi connectivity index (χ3v) is 7.73. The molecule has 0 fully saturated rings. The highest BCUT2D eigenvalue weighted by atomic mass is 32.2. The number of hydrogen-bond acceptors (Lipinski definition) is 6. The van der Waals surface area contributed by atoms with Gasteiger partial charge in [-0.3, -0.25) is 14.4 Å². The topological polar surface area (TPSA) is 122 Å². The monoisotopic (exact) mass is 598 g/mol. The maximum Gasteiger partial charge on any atom is 0.427 e. The lowest BCUT2D eigenvalue weighted by Gasteiger charge is -2.36. The van der Waals surface area contributed by atoms with Gasteiger partial charge in [-0.25, -0.2) is 13.2 Å². The molecule has 16 heteroatoms. The molecule has 1 heterocycles. The molecule has 0 aromatic heterocycles. The number of rotatable bonds is 7. The Hall–Kier alpha value is -3.69. The Bertz CT molecular complexity index is 1390. The van der Waals surface area contributed by atoms with E-state index >= 15 is 0 Å². The maximum atomic E-state index is 13.6. The summed E-state index contributed by atoms with van der Waals surface area (Å²) in [6, 6.07) is 6.31. The minimum atomic E-state index is -4.90. The molecule has 2 aromatic carbocycles. The molecule has 0 radical (unpaired) electrons. The first-order valence-corrected chi connectivity index (χ1v) is 13.0. The zero-order valence-electron chi connectivity index (χ0n) is 21.1. The number of carbonyl (C=O) groups excluding carboxylic acids is 1. The smallest absolute Gasteiger partial charge is 0.427 e. The van der Waals surface area contributed by atoms with Crippen LogP contribution in [0.3, 0.4) is 0 Å². The number of ether oxygens (including phenoxy) is 2. The molecule has 0 saturated heterocycles. The summed E-state index contributed by atoms with van der Waals surface area (Å²) in [4.78, 5) is 22.8. The van der Waals surface area contributed by atoms with Gasteiger partial charge in [-0.15, -0.1) is 0 Å². The molecule has 2 aromatic rings. The Morgan fingerprint density at radius 3 is 2.35 bits per heavy atom. The van der Waals surface area contributed by atoms with Gasteiger partial charge < -0.3 is 14.6 Å². The molecule has 2 atom stereocenters. The number of anilines is 2. The second-order valence-corrected chi connectivity index (χ2v) is 11.3. The van der Waals surface area contributed by atoms with Gasteiger partial charge in [-0.1, -0.05) is 13.0 Å². The number of alkyl halides is 6. The third-order valence-electron chi connectivity index (χ3n) is 5.96. The molecule has 1 aliphatic rings. The SMILES string of the molecule is C[C@@H](C[C@H]1CN(S(=O)(=O)c2cccc(C(F)(F)F)c2)c2cc(NC(=O)OC(C)(C)C(F)(F)F)ccc2O1)C(=O)O. The van der Waals surface area contributed by atoms with Crippen molar-refractivity contribution in [2.75, 3.05) is 16.2 Å². The summed E-state index contributed by atoms with van der Waals surface area (Å²) in [6.45, 7) is 2.08. The van der Waals surface area contributed by atoms with Gasteiger partial charge in [0.25, 0.3) is 10.0 Å². The molecule has 40 heavy (non-hydrogen) atoms. The largest absolute Gasteiger partial charge is 0.486 e. The summed E-state index contributed by atoms with van der Waals surface area (Å²) in [7, 11) is -4.73. The fourth-order valence-corrected chi connectivity index (χ4v) is 5.17. The van der Waals surface area contributed by atoms with Crippen LogP contribution in [0.25, 0.3) is 0 Å². The van der Waals surface area contributed by atoms with Gasteiger partial charge >= 0.3 is 24.4 Å². The maximum absolute atomic E-state index is 13.6. The summed E-state index contributed by atoms with van der Waals surface area (Å²) in [6.07, 6.45) is -12.5. The number of nitrogens with one attached hydrogen (secondary N) is 1. The fraction of sp³-hybridized carbons (Fsp3) is 0.417. The lowest BCUT2D eigenvalue weighted by molar-refractivity contribution is -0.242. The molecule has 2 N–H and O–H groups in total. The molecule has 0 unspecified atom stereocenters. The summed E-state index contributed by atoms with van der Waals surface area (Å²) in [5.41, 5.74) is -4.57. The van der Waals surface area contributed by atoms with Gasteiger partial charge in [0.05, 0.1) is 28.6 Å². The Kier molecular flexibility index (Phi) is 8.26. The number of carboxylic acid groups (broad SMARTS) is 1. The summed E-state index contributed by atoms with van der Waals surface area (Å²) in [5.74, 6) is -2.29. The highest BCUT2D eigenvalue weighted by Crippen LogP contribution is 2.41. The average Bonchev–Trinajstić information content (AvgIpc) is 2.82. The second-order valence-electron chi connectivity index (χ2n) is 9.48. The van der Waals surface area contributed by atoms with Crippen LogP contribution in [-0.4, -0.2) is 50.0 Å². The van der Waals surface area contributed by atoms with E-state index in [1.165, 1.54) is 19.1 Å². The molecular weight excluding hydrogens is 574 g/mol. The number of fused-ring (bicyclic) bond motifs is 1. The van der Waals surface area contributed by atoms with E-state index < -0.39 is 69.1 Å². The zero-order valence-corrected chi connectivity index (χ0v) is 21.9. The lowest BCUT2D eigenvalue weighted by atomic mass is 10.0. The van der Waals surface area contributed by atoms with E-state index in [-0.39, 0.29) is 23.5 Å². The van der Waals surface area contributed by atoms with Crippen LogP contribution in [0.15, 0.2) is 47.4 Å². The van der Waals surface area contributed by atoms with E-state index in [1.807, 2.05) is 0 Å². The predicted octanol–water partition coefficient (Wildman–Crippen LogP) is 5.66. The fourth-order valence-electron chi connectivity index (χ4n) is 3.63. The van der Waals surface area contributed by atoms with Gasteiger partial charge in [-0.2, -0.15) is 26.3 Å². The molecule has 3 rings (SSSR count). The van der Waals surface area contributed by atoms with E-state index in [1.54, 1.807) is 0 Å². The zero-order chi connectivity index (χ0) is 30.3. The number of aliphatic carboxylic acids is 1. The number of carboxylic acids is 1. The lowest BCUT2D eigenvalue weighted by Crippen LogP contribution is -2.45. The number of sulfonamides is 1. The van der Waals surface area contributed by atoms with Crippen molar-refractivity contribution in [3.8, 4) is 5.75 Å². The minimum absolute atomic E-state index is 0.126. The number of halogens is 6. The van der Waals surface area contributed by atoms with Crippen LogP contribution in [-0.2, 0) is 25.7 Å². The molecular formula is C24H24F6N2O7S. The van der Waals surface area contributed by atoms with Crippen LogP contribution in [0.4, 0.5) is 42.5 Å². The molecule has 1 aliphatic heterocycles. The quantitative estimate of drug-likeness (QED) is 0.395. The van der Waals surface area contributed by atoms with Crippen LogP contribution in [0.1, 0.15) is 32.8 Å². The standard InChI is InChI=1S/C24H24F6N2O7S/c1-13(20(33)34)9-16-12-32(40(36,37)17-6-4-5-14(10-17)23(25,26)27)18-11-15(7-8-19(18)38-16)31-21(35)39-22(2,3)24(28,29)30/h4-8,10-11,13,16H,9,12H2,1-3H3,(H,31,35)(H,33,34)/t13-,16-/m0/s1. The van der Waals surface area contributed by atoms with E-state index in [0.717, 1.165) is 18.2 Å². The van der Waals surface area contributed by atoms with Crippen molar-refractivity contribution in [1.29, 1.82) is 0 Å². The summed E-state index contributed by atoms with van der Waals surface area (Å²) in [5, 5.41) is 11.3. The molecule has 0 saturated carbocycles. The normalized spacial score (nSPS) is 16.9. The van der Waals surface area contributed by atoms with Crippen molar-refractivity contribution in [2.24, 2.45) is 5.92 Å². The van der Waals surface area contributed by atoms with E-state index in [4.69, 9.17) is 4.74 Å². The highest BCUT2D eigenvalue weighted by molar-refractivity contribution is 7.92. The highest BCUT2D eigenvalue weighted by Gasteiger charge is 2.51. The van der Waals surface area contributed by atoms with Crippen LogP contribution < -0.4 is 14.4 Å². The molecule has 0 aliphatic carbocycles. The van der Waals surface area contributed by atoms with E-state index in [9.17, 15) is 49.5 Å². The van der Waals surface area contributed by atoms with Crippen molar-refractivity contribution in [2.45, 2.75) is 56.1 Å². The van der Waals surface area contributed by atoms with E-state index in [2.05, 4.69) is 10.1 Å². The Morgan fingerprint density at radius 1 is 1.12 bits per heavy atom. The predicted molar refractivity (Wildman–Crippen MR) is 128 cm³/mol. The first-order valence-electron chi connectivity index (χ1n) is 11.5. The van der Waals surface area contributed by atoms with Crippen molar-refractivity contribution < 1.29 is 58.9 Å². The Balaban J connectivity index is 2.02. The minimum Gasteiger partial charge on any atom is -0.486 e. The summed E-state index contributed by atoms with van der Waals surface area (Å²) < 4.78 is 117. The molecule has 9 nitrogen and oxygen atoms in total. The molecule has 220 valence electrons. The molecule has 0 spiro atoms. The Labute approximate surface area is 224 Å². The Morgan fingerprint density at radius 2 is 1.77 bits per heavy atom. The van der Waals surface area contributed by atoms with Crippen LogP contribution in [0.2, 0.25) is 0 Å². The van der Waals surface area contributed by atoms with Crippen molar-refractivity contribution in [1.82, 2.24) is 0 Å². The third kappa shape index (κ3) is 6.71. The van der Waals surface area contributed by atoms with Gasteiger partial charge in [-0.05, 0) is 56.7 Å². The second kappa shape index (κ2) is 10.7. The summed E-state index contributed by atoms with van der Waals surface area (Å²) >= 11 is 0. The molecule has 1 amide bonds. The first kappa shape index (κ1) is 30.8. The van der Waals surface area contributed by atoms with Crippen molar-refractivity contribution in [3.63, 3.8) is 0 Å². The van der Waals surface area contributed by atoms with Gasteiger partial charge in [0.1, 0.15) is 11.9 Å². The van der Waals surface area contributed by atoms with Crippen LogP contribution in [0, 0.1) is 5.92 Å². The van der Waals surface area contributed by atoms with Gasteiger partial charge in [0.2, 0.25) is 5.60 Å².